The molecule has 0 aromatic heterocycles. The summed E-state index contributed by atoms with van der Waals surface area (Å²) in [5.74, 6) is -1.10. The molecule has 0 saturated carbocycles. The topological polar surface area (TPSA) is 104 Å². The monoisotopic (exact) mass is 643 g/mol. The van der Waals surface area contributed by atoms with Crippen LogP contribution in [0.1, 0.15) is 117 Å². The first-order chi connectivity index (χ1) is 21.8. The molecular formula is C38H61NO5S. The van der Waals surface area contributed by atoms with Crippen molar-refractivity contribution < 1.29 is 22.9 Å². The van der Waals surface area contributed by atoms with E-state index in [-0.39, 0.29) is 12.3 Å². The first kappa shape index (κ1) is 42.3. The zero-order valence-corrected chi connectivity index (χ0v) is 28.8. The summed E-state index contributed by atoms with van der Waals surface area (Å²) >= 11 is 0. The number of hydrogen-bond donors (Lipinski definition) is 3. The standard InChI is InChI=1S/C38H61NO5S/c1-3-5-7-9-11-13-15-17-18-19-20-22-24-26-28-30-32-34-38(41)39-36(35-45(42,43)44)37(40)33-31-29-27-25-23-21-16-14-12-10-8-6-4-2/h5,7,11-14,17-18,20,22-23,25-26,28,31,33,36-37,40H,3-4,6,8-10,15-16,19,21,24,27,29-30,32,34-35H2,1-2H3,(H,39,41)(H,42,43,44)/b7-5-,13-11-,14-12+,18-17-,22-20-,25-23+,28-26-,33-31+. The van der Waals surface area contributed by atoms with Gasteiger partial charge in [0.05, 0.1) is 17.9 Å². The van der Waals surface area contributed by atoms with E-state index in [4.69, 9.17) is 0 Å². The molecule has 7 heteroatoms. The summed E-state index contributed by atoms with van der Waals surface area (Å²) in [6.45, 7) is 4.34. The second kappa shape index (κ2) is 31.3. The highest BCUT2D eigenvalue weighted by Crippen LogP contribution is 2.06. The van der Waals surface area contributed by atoms with Crippen molar-refractivity contribution in [1.82, 2.24) is 5.32 Å². The lowest BCUT2D eigenvalue weighted by molar-refractivity contribution is -0.122. The maximum atomic E-state index is 12.4. The fourth-order valence-electron chi connectivity index (χ4n) is 4.22. The van der Waals surface area contributed by atoms with Crippen molar-refractivity contribution >= 4 is 16.0 Å². The van der Waals surface area contributed by atoms with Crippen LogP contribution in [0.4, 0.5) is 0 Å². The number of rotatable bonds is 28. The second-order valence-corrected chi connectivity index (χ2v) is 12.5. The first-order valence-electron chi connectivity index (χ1n) is 16.9. The molecule has 0 fully saturated rings. The summed E-state index contributed by atoms with van der Waals surface area (Å²) in [4.78, 5) is 12.4. The van der Waals surface area contributed by atoms with Crippen LogP contribution in [0.15, 0.2) is 97.2 Å². The van der Waals surface area contributed by atoms with E-state index < -0.39 is 28.0 Å². The molecule has 0 saturated heterocycles. The van der Waals surface area contributed by atoms with Gasteiger partial charge in [0, 0.05) is 6.42 Å². The minimum absolute atomic E-state index is 0.200. The number of aliphatic hydroxyl groups excluding tert-OH is 1. The van der Waals surface area contributed by atoms with Crippen LogP contribution in [0.25, 0.3) is 0 Å². The SMILES string of the molecule is CC/C=C\C/C=C\C/C=C\C/C=C\C/C=C\CCCC(=O)NC(CS(=O)(=O)O)C(O)/C=C/CC/C=C/CC/C=C/CCCCC. The molecule has 0 aliphatic carbocycles. The molecule has 0 aliphatic heterocycles. The highest BCUT2D eigenvalue weighted by molar-refractivity contribution is 7.85. The molecule has 6 nitrogen and oxygen atoms in total. The Balaban J connectivity index is 4.26. The highest BCUT2D eigenvalue weighted by atomic mass is 32.2. The molecule has 0 spiro atoms. The number of unbranched alkanes of at least 4 members (excludes halogenated alkanes) is 6. The van der Waals surface area contributed by atoms with Crippen LogP contribution < -0.4 is 5.32 Å². The van der Waals surface area contributed by atoms with Crippen LogP contribution in [0.2, 0.25) is 0 Å². The number of amides is 1. The van der Waals surface area contributed by atoms with Crippen molar-refractivity contribution in [2.24, 2.45) is 0 Å². The van der Waals surface area contributed by atoms with E-state index in [2.05, 4.69) is 98.2 Å². The summed E-state index contributed by atoms with van der Waals surface area (Å²) in [7, 11) is -4.38. The Labute approximate surface area is 275 Å². The average molecular weight is 644 g/mol. The molecule has 0 rings (SSSR count). The Hall–Kier alpha value is -2.74. The van der Waals surface area contributed by atoms with Gasteiger partial charge >= 0.3 is 0 Å². The predicted molar refractivity (Wildman–Crippen MR) is 193 cm³/mol. The van der Waals surface area contributed by atoms with E-state index in [1.54, 1.807) is 6.08 Å². The lowest BCUT2D eigenvalue weighted by Crippen LogP contribution is -2.46. The van der Waals surface area contributed by atoms with Gasteiger partial charge in [0.25, 0.3) is 10.1 Å². The summed E-state index contributed by atoms with van der Waals surface area (Å²) in [6, 6.07) is -1.11. The van der Waals surface area contributed by atoms with Crippen LogP contribution in [0.5, 0.6) is 0 Å². The number of carbonyl (C=O) groups is 1. The molecule has 3 N–H and O–H groups in total. The summed E-state index contributed by atoms with van der Waals surface area (Å²) < 4.78 is 32.3. The molecule has 0 bridgehead atoms. The first-order valence-corrected chi connectivity index (χ1v) is 18.5. The Morgan fingerprint density at radius 2 is 1.07 bits per heavy atom. The molecule has 0 aliphatic rings. The zero-order valence-electron chi connectivity index (χ0n) is 27.9. The van der Waals surface area contributed by atoms with E-state index in [0.717, 1.165) is 64.2 Å². The van der Waals surface area contributed by atoms with Gasteiger partial charge in [-0.2, -0.15) is 8.42 Å². The van der Waals surface area contributed by atoms with Crippen LogP contribution in [-0.4, -0.2) is 41.9 Å². The zero-order chi connectivity index (χ0) is 33.3. The van der Waals surface area contributed by atoms with Crippen LogP contribution >= 0.6 is 0 Å². The quantitative estimate of drug-likeness (QED) is 0.0448. The van der Waals surface area contributed by atoms with Crippen LogP contribution in [0, 0.1) is 0 Å². The van der Waals surface area contributed by atoms with Gasteiger partial charge in [-0.3, -0.25) is 9.35 Å². The molecule has 0 radical (unpaired) electrons. The number of aliphatic hydroxyl groups is 1. The third kappa shape index (κ3) is 32.5. The molecule has 254 valence electrons. The van der Waals surface area contributed by atoms with Crippen molar-refractivity contribution in [3.63, 3.8) is 0 Å². The minimum atomic E-state index is -4.38. The van der Waals surface area contributed by atoms with Crippen LogP contribution in [-0.2, 0) is 14.9 Å². The molecular weight excluding hydrogens is 582 g/mol. The maximum absolute atomic E-state index is 12.4. The van der Waals surface area contributed by atoms with Gasteiger partial charge < -0.3 is 10.4 Å². The Kier molecular flexibility index (Phi) is 29.3. The maximum Gasteiger partial charge on any atom is 0.267 e. The third-order valence-electron chi connectivity index (χ3n) is 6.72. The van der Waals surface area contributed by atoms with E-state index in [1.807, 2.05) is 6.08 Å². The van der Waals surface area contributed by atoms with Crippen molar-refractivity contribution in [2.45, 2.75) is 129 Å². The number of nitrogens with one attached hydrogen (secondary N) is 1. The van der Waals surface area contributed by atoms with Gasteiger partial charge in [-0.25, -0.2) is 0 Å². The van der Waals surface area contributed by atoms with E-state index in [9.17, 15) is 22.9 Å². The molecule has 0 aromatic carbocycles. The summed E-state index contributed by atoms with van der Waals surface area (Å²) in [6.07, 6.45) is 46.8. The van der Waals surface area contributed by atoms with E-state index in [1.165, 1.54) is 25.3 Å². The van der Waals surface area contributed by atoms with Crippen molar-refractivity contribution in [2.75, 3.05) is 5.75 Å². The minimum Gasteiger partial charge on any atom is -0.387 e. The van der Waals surface area contributed by atoms with Crippen molar-refractivity contribution in [3.8, 4) is 0 Å². The fraction of sp³-hybridized carbons (Fsp3) is 0.553. The number of hydrogen-bond acceptors (Lipinski definition) is 4. The van der Waals surface area contributed by atoms with Gasteiger partial charge in [0.15, 0.2) is 0 Å². The second-order valence-electron chi connectivity index (χ2n) is 11.0. The number of allylic oxidation sites excluding steroid dienone is 15. The summed E-state index contributed by atoms with van der Waals surface area (Å²) in [5, 5.41) is 13.1. The Morgan fingerprint density at radius 3 is 1.58 bits per heavy atom. The Bertz CT molecular complexity index is 1060. The Morgan fingerprint density at radius 1 is 0.622 bits per heavy atom. The molecule has 0 aromatic rings. The lowest BCUT2D eigenvalue weighted by atomic mass is 10.1. The largest absolute Gasteiger partial charge is 0.387 e. The molecule has 45 heavy (non-hydrogen) atoms. The molecule has 2 unspecified atom stereocenters. The molecule has 0 heterocycles. The molecule has 1 amide bonds. The molecule has 2 atom stereocenters. The number of carbonyl (C=O) groups excluding carboxylic acids is 1. The fourth-order valence-corrected chi connectivity index (χ4v) is 4.95. The smallest absolute Gasteiger partial charge is 0.267 e. The van der Waals surface area contributed by atoms with Crippen LogP contribution in [0.3, 0.4) is 0 Å². The normalized spacial score (nSPS) is 14.7. The van der Waals surface area contributed by atoms with Gasteiger partial charge in [-0.15, -0.1) is 0 Å². The predicted octanol–water partition coefficient (Wildman–Crippen LogP) is 9.45. The van der Waals surface area contributed by atoms with Gasteiger partial charge in [-0.1, -0.05) is 124 Å². The van der Waals surface area contributed by atoms with Gasteiger partial charge in [0.1, 0.15) is 0 Å². The summed E-state index contributed by atoms with van der Waals surface area (Å²) in [5.41, 5.74) is 0. The third-order valence-corrected chi connectivity index (χ3v) is 7.50. The average Bonchev–Trinajstić information content (AvgIpc) is 3.00. The highest BCUT2D eigenvalue weighted by Gasteiger charge is 2.24. The van der Waals surface area contributed by atoms with E-state index >= 15 is 0 Å². The van der Waals surface area contributed by atoms with E-state index in [0.29, 0.717) is 12.8 Å². The van der Waals surface area contributed by atoms with Gasteiger partial charge in [0.2, 0.25) is 5.91 Å². The van der Waals surface area contributed by atoms with Gasteiger partial charge in [-0.05, 0) is 83.5 Å². The van der Waals surface area contributed by atoms with Crippen molar-refractivity contribution in [3.05, 3.63) is 97.2 Å². The van der Waals surface area contributed by atoms with Crippen molar-refractivity contribution in [1.29, 1.82) is 0 Å². The lowest BCUT2D eigenvalue weighted by Gasteiger charge is -2.21.